The number of amides is 1. The van der Waals surface area contributed by atoms with E-state index < -0.39 is 9.84 Å². The molecule has 0 spiro atoms. The third kappa shape index (κ3) is 3.44. The molecule has 2 heterocycles. The predicted molar refractivity (Wildman–Crippen MR) is 94.5 cm³/mol. The second-order valence-corrected chi connectivity index (χ2v) is 9.26. The molecule has 25 heavy (non-hydrogen) atoms. The highest BCUT2D eigenvalue weighted by atomic mass is 32.2. The van der Waals surface area contributed by atoms with Gasteiger partial charge in [-0.15, -0.1) is 0 Å². The molecule has 0 radical (unpaired) electrons. The summed E-state index contributed by atoms with van der Waals surface area (Å²) in [6, 6.07) is 3.17. The van der Waals surface area contributed by atoms with E-state index in [2.05, 4.69) is 4.90 Å². The van der Waals surface area contributed by atoms with Crippen molar-refractivity contribution in [2.24, 2.45) is 0 Å². The summed E-state index contributed by atoms with van der Waals surface area (Å²) in [6.07, 6.45) is 0.381. The SMILES string of the molecule is CCC(=O)N1CCN(Cc2ccc(C)c(F)c2C)[C@H]2CS(=O)(=O)C[C@H]21. The van der Waals surface area contributed by atoms with Crippen LogP contribution in [0, 0.1) is 19.7 Å². The summed E-state index contributed by atoms with van der Waals surface area (Å²) in [4.78, 5) is 16.0. The lowest BCUT2D eigenvalue weighted by Crippen LogP contribution is -2.60. The number of rotatable bonds is 3. The van der Waals surface area contributed by atoms with Crippen LogP contribution in [0.15, 0.2) is 12.1 Å². The minimum atomic E-state index is -3.16. The first-order valence-electron chi connectivity index (χ1n) is 8.72. The third-order valence-electron chi connectivity index (χ3n) is 5.48. The van der Waals surface area contributed by atoms with E-state index >= 15 is 0 Å². The summed E-state index contributed by atoms with van der Waals surface area (Å²) in [7, 11) is -3.16. The Kier molecular flexibility index (Phi) is 4.90. The van der Waals surface area contributed by atoms with Crippen molar-refractivity contribution in [3.05, 3.63) is 34.6 Å². The number of halogens is 1. The molecule has 0 unspecified atom stereocenters. The molecule has 0 aliphatic carbocycles. The van der Waals surface area contributed by atoms with Crippen LogP contribution in [-0.2, 0) is 21.2 Å². The topological polar surface area (TPSA) is 57.7 Å². The maximum absolute atomic E-state index is 14.2. The predicted octanol–water partition coefficient (Wildman–Crippen LogP) is 1.66. The van der Waals surface area contributed by atoms with Crippen molar-refractivity contribution in [3.63, 3.8) is 0 Å². The van der Waals surface area contributed by atoms with Crippen molar-refractivity contribution in [1.82, 2.24) is 9.80 Å². The Morgan fingerprint density at radius 2 is 1.88 bits per heavy atom. The summed E-state index contributed by atoms with van der Waals surface area (Å²) in [5.41, 5.74) is 2.10. The van der Waals surface area contributed by atoms with E-state index in [4.69, 9.17) is 0 Å². The molecule has 0 saturated carbocycles. The maximum Gasteiger partial charge on any atom is 0.222 e. The first-order chi connectivity index (χ1) is 11.7. The third-order valence-corrected chi connectivity index (χ3v) is 7.18. The molecule has 2 fully saturated rings. The first kappa shape index (κ1) is 18.3. The van der Waals surface area contributed by atoms with Crippen LogP contribution >= 0.6 is 0 Å². The standard InChI is InChI=1S/C18H25FN2O3S/c1-4-17(22)21-8-7-20(15-10-25(23,24)11-16(15)21)9-14-6-5-12(2)18(19)13(14)3/h5-6,15-16H,4,7-11H2,1-3H3/t15-,16+/m0/s1. The number of benzene rings is 1. The molecule has 0 bridgehead atoms. The van der Waals surface area contributed by atoms with Crippen molar-refractivity contribution in [1.29, 1.82) is 0 Å². The van der Waals surface area contributed by atoms with Gasteiger partial charge in [0.2, 0.25) is 5.91 Å². The van der Waals surface area contributed by atoms with E-state index in [1.54, 1.807) is 31.7 Å². The van der Waals surface area contributed by atoms with E-state index in [-0.39, 0.29) is 35.3 Å². The molecule has 1 amide bonds. The molecule has 5 nitrogen and oxygen atoms in total. The zero-order valence-electron chi connectivity index (χ0n) is 15.0. The Balaban J connectivity index is 1.87. The van der Waals surface area contributed by atoms with Crippen LogP contribution in [0.3, 0.4) is 0 Å². The van der Waals surface area contributed by atoms with Crippen LogP contribution in [0.1, 0.15) is 30.0 Å². The van der Waals surface area contributed by atoms with Gasteiger partial charge in [-0.2, -0.15) is 0 Å². The molecule has 2 atom stereocenters. The van der Waals surface area contributed by atoms with Crippen molar-refractivity contribution in [2.75, 3.05) is 24.6 Å². The lowest BCUT2D eigenvalue weighted by Gasteiger charge is -2.44. The van der Waals surface area contributed by atoms with Crippen molar-refractivity contribution < 1.29 is 17.6 Å². The minimum Gasteiger partial charge on any atom is -0.336 e. The van der Waals surface area contributed by atoms with Gasteiger partial charge in [-0.05, 0) is 30.5 Å². The number of nitrogens with zero attached hydrogens (tertiary/aromatic N) is 2. The van der Waals surface area contributed by atoms with Gasteiger partial charge in [0.05, 0.1) is 17.5 Å². The molecule has 2 aliphatic rings. The van der Waals surface area contributed by atoms with Gasteiger partial charge in [-0.1, -0.05) is 19.1 Å². The molecule has 7 heteroatoms. The van der Waals surface area contributed by atoms with Crippen LogP contribution in [0.25, 0.3) is 0 Å². The molecule has 3 rings (SSSR count). The number of sulfone groups is 1. The average molecular weight is 368 g/mol. The summed E-state index contributed by atoms with van der Waals surface area (Å²) < 4.78 is 38.6. The lowest BCUT2D eigenvalue weighted by atomic mass is 10.00. The largest absolute Gasteiger partial charge is 0.336 e. The molecule has 0 aromatic heterocycles. The van der Waals surface area contributed by atoms with Crippen LogP contribution in [-0.4, -0.2) is 60.8 Å². The molecule has 1 aromatic rings. The van der Waals surface area contributed by atoms with E-state index in [1.807, 2.05) is 6.07 Å². The second-order valence-electron chi connectivity index (χ2n) is 7.10. The zero-order valence-corrected chi connectivity index (χ0v) is 15.8. The van der Waals surface area contributed by atoms with Gasteiger partial charge in [-0.3, -0.25) is 9.69 Å². The van der Waals surface area contributed by atoms with Gasteiger partial charge in [0, 0.05) is 32.1 Å². The second kappa shape index (κ2) is 6.68. The summed E-state index contributed by atoms with van der Waals surface area (Å²) in [6.45, 7) is 6.94. The zero-order chi connectivity index (χ0) is 18.4. The van der Waals surface area contributed by atoms with E-state index in [9.17, 15) is 17.6 Å². The fourth-order valence-corrected chi connectivity index (χ4v) is 6.00. The van der Waals surface area contributed by atoms with Crippen LogP contribution in [0.2, 0.25) is 0 Å². The smallest absolute Gasteiger partial charge is 0.222 e. The maximum atomic E-state index is 14.2. The molecular weight excluding hydrogens is 343 g/mol. The highest BCUT2D eigenvalue weighted by Gasteiger charge is 2.47. The molecule has 2 aliphatic heterocycles. The fourth-order valence-electron chi connectivity index (χ4n) is 3.98. The summed E-state index contributed by atoms with van der Waals surface area (Å²) in [5.74, 6) is -0.100. The van der Waals surface area contributed by atoms with E-state index in [0.29, 0.717) is 37.2 Å². The number of fused-ring (bicyclic) bond motifs is 1. The Morgan fingerprint density at radius 3 is 2.56 bits per heavy atom. The Labute approximate surface area is 148 Å². The quantitative estimate of drug-likeness (QED) is 0.814. The van der Waals surface area contributed by atoms with Gasteiger partial charge in [0.15, 0.2) is 9.84 Å². The minimum absolute atomic E-state index is 0.00399. The Morgan fingerprint density at radius 1 is 1.20 bits per heavy atom. The van der Waals surface area contributed by atoms with Crippen molar-refractivity contribution >= 4 is 15.7 Å². The number of hydrogen-bond donors (Lipinski definition) is 0. The van der Waals surface area contributed by atoms with Gasteiger partial charge < -0.3 is 4.90 Å². The van der Waals surface area contributed by atoms with Gasteiger partial charge in [0.25, 0.3) is 0 Å². The molecule has 2 saturated heterocycles. The summed E-state index contributed by atoms with van der Waals surface area (Å²) >= 11 is 0. The Hall–Kier alpha value is -1.47. The normalized spacial score (nSPS) is 25.8. The van der Waals surface area contributed by atoms with Crippen molar-refractivity contribution in [2.45, 2.75) is 45.8 Å². The highest BCUT2D eigenvalue weighted by Crippen LogP contribution is 2.29. The molecule has 138 valence electrons. The van der Waals surface area contributed by atoms with Gasteiger partial charge in [0.1, 0.15) is 5.82 Å². The molecule has 0 N–H and O–H groups in total. The number of piperazine rings is 1. The molecule has 1 aromatic carbocycles. The van der Waals surface area contributed by atoms with Crippen molar-refractivity contribution in [3.8, 4) is 0 Å². The van der Waals surface area contributed by atoms with Gasteiger partial charge >= 0.3 is 0 Å². The van der Waals surface area contributed by atoms with E-state index in [0.717, 1.165) is 5.56 Å². The monoisotopic (exact) mass is 368 g/mol. The number of aryl methyl sites for hydroxylation is 1. The summed E-state index contributed by atoms with van der Waals surface area (Å²) in [5, 5.41) is 0. The van der Waals surface area contributed by atoms with E-state index in [1.165, 1.54) is 0 Å². The first-order valence-corrected chi connectivity index (χ1v) is 10.5. The fraction of sp³-hybridized carbons (Fsp3) is 0.611. The number of carbonyl (C=O) groups is 1. The van der Waals surface area contributed by atoms with Crippen LogP contribution in [0.5, 0.6) is 0 Å². The highest BCUT2D eigenvalue weighted by molar-refractivity contribution is 7.91. The van der Waals surface area contributed by atoms with Crippen LogP contribution < -0.4 is 0 Å². The number of hydrogen-bond acceptors (Lipinski definition) is 4. The average Bonchev–Trinajstić information content (AvgIpc) is 2.90. The van der Waals surface area contributed by atoms with Gasteiger partial charge in [-0.25, -0.2) is 12.8 Å². The Bertz CT molecular complexity index is 794. The van der Waals surface area contributed by atoms with Crippen LogP contribution in [0.4, 0.5) is 4.39 Å². The molecular formula is C18H25FN2O3S. The number of carbonyl (C=O) groups excluding carboxylic acids is 1. The lowest BCUT2D eigenvalue weighted by molar-refractivity contribution is -0.136.